The van der Waals surface area contributed by atoms with Crippen LogP contribution in [0.5, 0.6) is 0 Å². The van der Waals surface area contributed by atoms with Crippen LogP contribution in [0.15, 0.2) is 13.2 Å². The average Bonchev–Trinajstić information content (AvgIpc) is 2.73. The fraction of sp³-hybridized carbons (Fsp3) is 0.846. The van der Waals surface area contributed by atoms with Crippen LogP contribution in [0.4, 0.5) is 0 Å². The van der Waals surface area contributed by atoms with Gasteiger partial charge in [0.15, 0.2) is 0 Å². The van der Waals surface area contributed by atoms with E-state index in [4.69, 9.17) is 10.2 Å². The van der Waals surface area contributed by atoms with Crippen LogP contribution in [0.25, 0.3) is 0 Å². The third-order valence-corrected chi connectivity index (χ3v) is 4.99. The Hall–Kier alpha value is -1.36. The van der Waals surface area contributed by atoms with Gasteiger partial charge in [-0.15, -0.1) is 13.2 Å². The molecule has 0 aromatic rings. The molecule has 0 aliphatic heterocycles. The molecule has 0 amide bonds. The number of hydrogen-bond acceptors (Lipinski definition) is 2. The van der Waals surface area contributed by atoms with Gasteiger partial charge < -0.3 is 15.7 Å². The van der Waals surface area contributed by atoms with Gasteiger partial charge in [0.2, 0.25) is 0 Å². The molecule has 5 nitrogen and oxygen atoms in total. The Labute approximate surface area is 193 Å². The van der Waals surface area contributed by atoms with Crippen molar-refractivity contribution in [2.24, 2.45) is 0 Å². The van der Waals surface area contributed by atoms with E-state index >= 15 is 0 Å². The molecule has 0 aromatic carbocycles. The third kappa shape index (κ3) is 47.7. The zero-order valence-electron chi connectivity index (χ0n) is 20.8. The summed E-state index contributed by atoms with van der Waals surface area (Å²) in [4.78, 5) is 20.4. The first-order chi connectivity index (χ1) is 14.5. The lowest BCUT2D eigenvalue weighted by atomic mass is 10.1. The van der Waals surface area contributed by atoms with Crippen molar-refractivity contribution in [1.82, 2.24) is 0 Å². The monoisotopic (exact) mass is 446 g/mol. The van der Waals surface area contributed by atoms with E-state index in [2.05, 4.69) is 27.0 Å². The predicted octanol–water partition coefficient (Wildman–Crippen LogP) is 7.96. The molecule has 0 aliphatic rings. The smallest absolute Gasteiger partial charge is 0.303 e. The second-order valence-electron chi connectivity index (χ2n) is 7.94. The van der Waals surface area contributed by atoms with Gasteiger partial charge in [-0.2, -0.15) is 0 Å². The van der Waals surface area contributed by atoms with Gasteiger partial charge in [-0.25, -0.2) is 0 Å². The van der Waals surface area contributed by atoms with E-state index < -0.39 is 11.9 Å². The predicted molar refractivity (Wildman–Crippen MR) is 134 cm³/mol. The molecule has 0 saturated heterocycles. The van der Waals surface area contributed by atoms with Crippen LogP contribution in [0.2, 0.25) is 0 Å². The van der Waals surface area contributed by atoms with Crippen molar-refractivity contribution in [3.63, 3.8) is 0 Å². The summed E-state index contributed by atoms with van der Waals surface area (Å²) in [6.45, 7) is 10.5. The Morgan fingerprint density at radius 2 is 0.677 bits per heavy atom. The van der Waals surface area contributed by atoms with E-state index in [9.17, 15) is 9.59 Å². The topological polar surface area (TPSA) is 106 Å². The maximum Gasteiger partial charge on any atom is 0.303 e. The van der Waals surface area contributed by atoms with E-state index in [1.54, 1.807) is 0 Å². The van der Waals surface area contributed by atoms with Crippen LogP contribution in [0.1, 0.15) is 142 Å². The number of carbonyl (C=O) groups is 2. The molecule has 0 fully saturated rings. The molecule has 0 saturated carbocycles. The van der Waals surface area contributed by atoms with E-state index in [1.807, 2.05) is 0 Å². The van der Waals surface area contributed by atoms with Gasteiger partial charge in [-0.05, 0) is 12.8 Å². The summed E-state index contributed by atoms with van der Waals surface area (Å²) < 4.78 is 0. The summed E-state index contributed by atoms with van der Waals surface area (Å²) in [7, 11) is 0. The fourth-order valence-corrected chi connectivity index (χ4v) is 3.17. The number of carboxylic acids is 2. The molecule has 0 spiro atoms. The highest BCUT2D eigenvalue weighted by Crippen LogP contribution is 2.11. The molecule has 0 atom stereocenters. The highest BCUT2D eigenvalue weighted by Gasteiger charge is 1.97. The second kappa shape index (κ2) is 36.0. The molecule has 0 aromatic heterocycles. The van der Waals surface area contributed by atoms with Crippen LogP contribution in [0.3, 0.4) is 0 Å². The summed E-state index contributed by atoms with van der Waals surface area (Å²) in [5, 5.41) is 16.8. The summed E-state index contributed by atoms with van der Waals surface area (Å²) in [5.41, 5.74) is 0. The quantitative estimate of drug-likeness (QED) is 0.146. The molecule has 0 bridgehead atoms. The van der Waals surface area contributed by atoms with Crippen molar-refractivity contribution in [1.29, 1.82) is 0 Å². The minimum absolute atomic E-state index is 0. The Morgan fingerprint density at radius 1 is 0.484 bits per heavy atom. The standard InChI is InChI=1S/2C12H24O2.C2H4.H2O/c2*1-2-3-4-5-6-7-8-9-10-11-12(13)14;1-2;/h2*2-11H2,1H3,(H,13,14);1-2H2;1H2. The van der Waals surface area contributed by atoms with E-state index in [-0.39, 0.29) is 5.48 Å². The average molecular weight is 447 g/mol. The van der Waals surface area contributed by atoms with Crippen molar-refractivity contribution >= 4 is 11.9 Å². The van der Waals surface area contributed by atoms with Crippen molar-refractivity contribution < 1.29 is 25.3 Å². The van der Waals surface area contributed by atoms with Gasteiger partial charge in [-0.1, -0.05) is 117 Å². The maximum absolute atomic E-state index is 10.2. The summed E-state index contributed by atoms with van der Waals surface area (Å²) in [6.07, 6.45) is 23.0. The molecule has 0 unspecified atom stereocenters. The van der Waals surface area contributed by atoms with Gasteiger partial charge in [-0.3, -0.25) is 9.59 Å². The largest absolute Gasteiger partial charge is 0.481 e. The molecule has 188 valence electrons. The van der Waals surface area contributed by atoms with E-state index in [0.717, 1.165) is 25.7 Å². The van der Waals surface area contributed by atoms with Gasteiger partial charge in [0.1, 0.15) is 0 Å². The Bertz CT molecular complexity index is 313. The van der Waals surface area contributed by atoms with Crippen molar-refractivity contribution in [3.05, 3.63) is 13.2 Å². The van der Waals surface area contributed by atoms with Gasteiger partial charge in [0.25, 0.3) is 0 Å². The van der Waals surface area contributed by atoms with E-state index in [1.165, 1.54) is 89.9 Å². The number of carboxylic acid groups (broad SMARTS) is 2. The maximum atomic E-state index is 10.2. The lowest BCUT2D eigenvalue weighted by Crippen LogP contribution is -1.93. The van der Waals surface area contributed by atoms with Crippen molar-refractivity contribution in [2.75, 3.05) is 0 Å². The van der Waals surface area contributed by atoms with Crippen molar-refractivity contribution in [3.8, 4) is 0 Å². The van der Waals surface area contributed by atoms with Gasteiger partial charge in [0.05, 0.1) is 0 Å². The Balaban J connectivity index is -0.000000211. The van der Waals surface area contributed by atoms with Crippen LogP contribution < -0.4 is 0 Å². The second-order valence-corrected chi connectivity index (χ2v) is 7.94. The fourth-order valence-electron chi connectivity index (χ4n) is 3.17. The lowest BCUT2D eigenvalue weighted by Gasteiger charge is -2.00. The molecule has 4 N–H and O–H groups in total. The Morgan fingerprint density at radius 3 is 0.871 bits per heavy atom. The minimum Gasteiger partial charge on any atom is -0.481 e. The molecule has 31 heavy (non-hydrogen) atoms. The number of rotatable bonds is 20. The highest BCUT2D eigenvalue weighted by molar-refractivity contribution is 5.66. The molecule has 0 aliphatic carbocycles. The SMILES string of the molecule is C=C.CCCCCCCCCCCC(=O)O.CCCCCCCCCCCC(=O)O.O. The number of aliphatic carboxylic acids is 2. The van der Waals surface area contributed by atoms with Gasteiger partial charge >= 0.3 is 11.9 Å². The lowest BCUT2D eigenvalue weighted by molar-refractivity contribution is -0.138. The van der Waals surface area contributed by atoms with Crippen LogP contribution in [0, 0.1) is 0 Å². The number of hydrogen-bond donors (Lipinski definition) is 2. The number of unbranched alkanes of at least 4 members (excludes halogenated alkanes) is 16. The van der Waals surface area contributed by atoms with Crippen molar-refractivity contribution in [2.45, 2.75) is 142 Å². The Kier molecular flexibility index (Phi) is 43.0. The molecule has 0 rings (SSSR count). The molecular weight excluding hydrogens is 392 g/mol. The van der Waals surface area contributed by atoms with Crippen LogP contribution >= 0.6 is 0 Å². The van der Waals surface area contributed by atoms with Gasteiger partial charge in [0, 0.05) is 12.8 Å². The normalized spacial score (nSPS) is 9.48. The third-order valence-electron chi connectivity index (χ3n) is 4.99. The highest BCUT2D eigenvalue weighted by atomic mass is 16.4. The first-order valence-corrected chi connectivity index (χ1v) is 12.5. The summed E-state index contributed by atoms with van der Waals surface area (Å²) in [6, 6.07) is 0. The molecular formula is C26H54O5. The van der Waals surface area contributed by atoms with Crippen LogP contribution in [-0.2, 0) is 9.59 Å². The van der Waals surface area contributed by atoms with E-state index in [0.29, 0.717) is 12.8 Å². The minimum atomic E-state index is -0.659. The zero-order chi connectivity index (χ0) is 23.3. The molecule has 0 radical (unpaired) electrons. The first kappa shape index (κ1) is 37.0. The molecule has 5 heteroatoms. The summed E-state index contributed by atoms with van der Waals surface area (Å²) in [5.74, 6) is -1.32. The zero-order valence-corrected chi connectivity index (χ0v) is 20.8. The summed E-state index contributed by atoms with van der Waals surface area (Å²) >= 11 is 0. The first-order valence-electron chi connectivity index (χ1n) is 12.5. The van der Waals surface area contributed by atoms with Crippen LogP contribution in [-0.4, -0.2) is 27.6 Å². The molecule has 0 heterocycles.